The van der Waals surface area contributed by atoms with Crippen LogP contribution in [0.15, 0.2) is 82.1 Å². The first-order valence-corrected chi connectivity index (χ1v) is 10.8. The van der Waals surface area contributed by atoms with Crippen molar-refractivity contribution in [2.24, 2.45) is 0 Å². The van der Waals surface area contributed by atoms with Crippen LogP contribution in [-0.2, 0) is 17.8 Å². The van der Waals surface area contributed by atoms with Gasteiger partial charge in [-0.2, -0.15) is 4.98 Å². The van der Waals surface area contributed by atoms with Gasteiger partial charge in [0, 0.05) is 28.9 Å². The van der Waals surface area contributed by atoms with E-state index in [-0.39, 0.29) is 6.61 Å². The lowest BCUT2D eigenvalue weighted by Gasteiger charge is -2.11. The number of aryl methyl sites for hydroxylation is 1. The van der Waals surface area contributed by atoms with E-state index in [2.05, 4.69) is 31.1 Å². The number of carbonyl (C=O) groups excluding carboxylic acids is 1. The van der Waals surface area contributed by atoms with Crippen molar-refractivity contribution in [1.29, 1.82) is 0 Å². The standard InChI is InChI=1S/C24H20BrN3O4/c25-19-8-3-6-17(14-19)16-31-21-10-2-1-9-20(21)24(29)30-13-5-11-22-27-23(28-32-22)18-7-4-12-26-15-18/h1-4,6-10,12,14-15H,5,11,13,16H2. The monoisotopic (exact) mass is 493 g/mol. The van der Waals surface area contributed by atoms with Gasteiger partial charge >= 0.3 is 5.97 Å². The highest BCUT2D eigenvalue weighted by atomic mass is 79.9. The molecule has 8 heteroatoms. The summed E-state index contributed by atoms with van der Waals surface area (Å²) in [6.07, 6.45) is 4.42. The van der Waals surface area contributed by atoms with E-state index in [1.807, 2.05) is 42.5 Å². The van der Waals surface area contributed by atoms with Crippen LogP contribution in [0.1, 0.15) is 28.2 Å². The molecule has 0 fully saturated rings. The van der Waals surface area contributed by atoms with Crippen molar-refractivity contribution >= 4 is 21.9 Å². The van der Waals surface area contributed by atoms with E-state index in [1.54, 1.807) is 30.6 Å². The molecule has 32 heavy (non-hydrogen) atoms. The first kappa shape index (κ1) is 21.7. The summed E-state index contributed by atoms with van der Waals surface area (Å²) in [4.78, 5) is 21.0. The van der Waals surface area contributed by atoms with Gasteiger partial charge in [0.2, 0.25) is 11.7 Å². The largest absolute Gasteiger partial charge is 0.488 e. The lowest BCUT2D eigenvalue weighted by Crippen LogP contribution is -2.09. The van der Waals surface area contributed by atoms with E-state index in [1.165, 1.54) is 0 Å². The summed E-state index contributed by atoms with van der Waals surface area (Å²) in [5.41, 5.74) is 2.17. The van der Waals surface area contributed by atoms with Gasteiger partial charge in [-0.25, -0.2) is 4.79 Å². The number of benzene rings is 2. The third-order valence-corrected chi connectivity index (χ3v) is 5.04. The fourth-order valence-electron chi connectivity index (χ4n) is 2.98. The minimum absolute atomic E-state index is 0.226. The highest BCUT2D eigenvalue weighted by Crippen LogP contribution is 2.21. The molecule has 0 aliphatic heterocycles. The van der Waals surface area contributed by atoms with E-state index in [0.29, 0.717) is 42.5 Å². The Hall–Kier alpha value is -3.52. The molecule has 0 unspecified atom stereocenters. The first-order chi connectivity index (χ1) is 15.7. The number of aromatic nitrogens is 3. The predicted octanol–water partition coefficient (Wildman–Crippen LogP) is 5.26. The molecule has 4 rings (SSSR count). The lowest BCUT2D eigenvalue weighted by atomic mass is 10.2. The molecule has 0 aliphatic rings. The molecule has 0 spiro atoms. The van der Waals surface area contributed by atoms with Crippen LogP contribution in [0.4, 0.5) is 0 Å². The van der Waals surface area contributed by atoms with Crippen molar-refractivity contribution in [3.63, 3.8) is 0 Å². The molecule has 0 radical (unpaired) electrons. The Morgan fingerprint density at radius 1 is 1.06 bits per heavy atom. The van der Waals surface area contributed by atoms with E-state index in [9.17, 15) is 4.79 Å². The van der Waals surface area contributed by atoms with Crippen molar-refractivity contribution in [3.8, 4) is 17.1 Å². The van der Waals surface area contributed by atoms with Gasteiger partial charge in [0.25, 0.3) is 0 Å². The molecule has 0 saturated heterocycles. The number of carbonyl (C=O) groups is 1. The molecule has 0 bridgehead atoms. The Morgan fingerprint density at radius 3 is 2.81 bits per heavy atom. The number of nitrogens with zero attached hydrogens (tertiary/aromatic N) is 3. The van der Waals surface area contributed by atoms with Gasteiger partial charge in [0.05, 0.1) is 6.61 Å². The van der Waals surface area contributed by atoms with Crippen LogP contribution >= 0.6 is 15.9 Å². The van der Waals surface area contributed by atoms with Gasteiger partial charge in [-0.3, -0.25) is 4.98 Å². The van der Waals surface area contributed by atoms with Crippen molar-refractivity contribution in [2.45, 2.75) is 19.4 Å². The molecule has 0 atom stereocenters. The topological polar surface area (TPSA) is 87.3 Å². The molecule has 162 valence electrons. The minimum Gasteiger partial charge on any atom is -0.488 e. The fraction of sp³-hybridized carbons (Fsp3) is 0.167. The Balaban J connectivity index is 1.28. The van der Waals surface area contributed by atoms with Crippen molar-refractivity contribution in [1.82, 2.24) is 15.1 Å². The summed E-state index contributed by atoms with van der Waals surface area (Å²) >= 11 is 3.44. The summed E-state index contributed by atoms with van der Waals surface area (Å²) in [5.74, 6) is 1.02. The molecule has 0 aliphatic carbocycles. The predicted molar refractivity (Wildman–Crippen MR) is 121 cm³/mol. The van der Waals surface area contributed by atoms with Gasteiger partial charge in [-0.05, 0) is 48.4 Å². The Morgan fingerprint density at radius 2 is 1.97 bits per heavy atom. The molecule has 2 heterocycles. The van der Waals surface area contributed by atoms with Crippen molar-refractivity contribution in [2.75, 3.05) is 6.61 Å². The molecule has 0 saturated carbocycles. The summed E-state index contributed by atoms with van der Waals surface area (Å²) in [6, 6.07) is 18.5. The van der Waals surface area contributed by atoms with Crippen molar-refractivity contribution < 1.29 is 18.8 Å². The van der Waals surface area contributed by atoms with Crippen LogP contribution in [0, 0.1) is 0 Å². The quantitative estimate of drug-likeness (QED) is 0.232. The maximum Gasteiger partial charge on any atom is 0.341 e. The maximum atomic E-state index is 12.6. The average molecular weight is 494 g/mol. The highest BCUT2D eigenvalue weighted by molar-refractivity contribution is 9.10. The van der Waals surface area contributed by atoms with E-state index < -0.39 is 5.97 Å². The number of esters is 1. The lowest BCUT2D eigenvalue weighted by molar-refractivity contribution is 0.0493. The fourth-order valence-corrected chi connectivity index (χ4v) is 3.43. The third-order valence-electron chi connectivity index (χ3n) is 4.55. The van der Waals surface area contributed by atoms with Crippen LogP contribution in [-0.4, -0.2) is 27.7 Å². The first-order valence-electron chi connectivity index (χ1n) is 10.1. The van der Waals surface area contributed by atoms with Gasteiger partial charge in [-0.1, -0.05) is 45.4 Å². The third kappa shape index (κ3) is 5.79. The number of hydrogen-bond acceptors (Lipinski definition) is 7. The summed E-state index contributed by atoms with van der Waals surface area (Å²) in [7, 11) is 0. The number of halogens is 1. The molecule has 2 aromatic carbocycles. The normalized spacial score (nSPS) is 10.7. The van der Waals surface area contributed by atoms with Gasteiger partial charge in [0.15, 0.2) is 0 Å². The van der Waals surface area contributed by atoms with E-state index in [4.69, 9.17) is 14.0 Å². The highest BCUT2D eigenvalue weighted by Gasteiger charge is 2.14. The zero-order chi connectivity index (χ0) is 22.2. The summed E-state index contributed by atoms with van der Waals surface area (Å²) in [5, 5.41) is 3.96. The maximum absolute atomic E-state index is 12.6. The molecule has 7 nitrogen and oxygen atoms in total. The molecule has 0 amide bonds. The van der Waals surface area contributed by atoms with E-state index in [0.717, 1.165) is 15.6 Å². The number of para-hydroxylation sites is 1. The second-order valence-electron chi connectivity index (χ2n) is 6.91. The second-order valence-corrected chi connectivity index (χ2v) is 7.82. The van der Waals surface area contributed by atoms with Crippen LogP contribution < -0.4 is 4.74 Å². The second kappa shape index (κ2) is 10.7. The molecule has 2 aromatic heterocycles. The Bertz CT molecular complexity index is 1180. The smallest absolute Gasteiger partial charge is 0.341 e. The van der Waals surface area contributed by atoms with Gasteiger partial charge in [0.1, 0.15) is 17.9 Å². The van der Waals surface area contributed by atoms with Crippen LogP contribution in [0.2, 0.25) is 0 Å². The van der Waals surface area contributed by atoms with E-state index >= 15 is 0 Å². The molecule has 0 N–H and O–H groups in total. The van der Waals surface area contributed by atoms with Crippen LogP contribution in [0.5, 0.6) is 5.75 Å². The van der Waals surface area contributed by atoms with Crippen LogP contribution in [0.25, 0.3) is 11.4 Å². The molecular formula is C24H20BrN3O4. The van der Waals surface area contributed by atoms with Crippen molar-refractivity contribution in [3.05, 3.63) is 94.5 Å². The zero-order valence-electron chi connectivity index (χ0n) is 17.1. The van der Waals surface area contributed by atoms with Gasteiger partial charge < -0.3 is 14.0 Å². The number of hydrogen-bond donors (Lipinski definition) is 0. The zero-order valence-corrected chi connectivity index (χ0v) is 18.7. The average Bonchev–Trinajstić information content (AvgIpc) is 3.30. The SMILES string of the molecule is O=C(OCCCc1nc(-c2cccnc2)no1)c1ccccc1OCc1cccc(Br)c1. The van der Waals surface area contributed by atoms with Crippen LogP contribution in [0.3, 0.4) is 0 Å². The number of pyridine rings is 1. The minimum atomic E-state index is -0.434. The molecule has 4 aromatic rings. The summed E-state index contributed by atoms with van der Waals surface area (Å²) in [6.45, 7) is 0.573. The van der Waals surface area contributed by atoms with Gasteiger partial charge in [-0.15, -0.1) is 0 Å². The molecular weight excluding hydrogens is 474 g/mol. The number of ether oxygens (including phenoxy) is 2. The summed E-state index contributed by atoms with van der Waals surface area (Å²) < 4.78 is 17.5. The number of rotatable bonds is 9. The Labute approximate surface area is 193 Å². The Kier molecular flexibility index (Phi) is 7.24.